The van der Waals surface area contributed by atoms with Crippen LogP contribution >= 0.6 is 0 Å². The topological polar surface area (TPSA) is 52.6 Å². The van der Waals surface area contributed by atoms with E-state index >= 15 is 0 Å². The number of benzene rings is 1. The predicted molar refractivity (Wildman–Crippen MR) is 87.9 cm³/mol. The van der Waals surface area contributed by atoms with E-state index in [-0.39, 0.29) is 29.6 Å². The summed E-state index contributed by atoms with van der Waals surface area (Å²) >= 11 is 0. The zero-order chi connectivity index (χ0) is 29.7. The molecule has 216 valence electrons. The summed E-state index contributed by atoms with van der Waals surface area (Å²) in [4.78, 5) is 1.73. The van der Waals surface area contributed by atoms with E-state index in [2.05, 4.69) is 9.22 Å². The number of hydrogen-bond donors (Lipinski definition) is 0. The van der Waals surface area contributed by atoms with Crippen LogP contribution in [0, 0.1) is 0 Å². The number of alkyl halides is 15. The van der Waals surface area contributed by atoms with Gasteiger partial charge in [0, 0.05) is 0 Å². The van der Waals surface area contributed by atoms with Crippen LogP contribution in [0.3, 0.4) is 0 Å². The minimum absolute atomic E-state index is 0. The normalized spacial score (nSPS) is 15.5. The van der Waals surface area contributed by atoms with Crippen molar-refractivity contribution >= 4 is 39.7 Å². The molecule has 1 aromatic carbocycles. The van der Waals surface area contributed by atoms with Crippen molar-refractivity contribution in [2.45, 2.75) is 46.6 Å². The van der Waals surface area contributed by atoms with Gasteiger partial charge in [-0.1, -0.05) is 18.2 Å². The Morgan fingerprint density at radius 1 is 0.605 bits per heavy atom. The molecule has 4 nitrogen and oxygen atoms in total. The summed E-state index contributed by atoms with van der Waals surface area (Å²) < 4.78 is 248. The van der Waals surface area contributed by atoms with Gasteiger partial charge in [-0.05, 0) is 16.5 Å². The SMILES string of the molecule is O=S(=O)(OOC(F)=C(F)C(F)(F)C(F)(F)C(F)(F)C(F)(F)C(F)(F)C(F)(F)C(F)(F)F)c1ccccc1.[NaH]. The molecule has 0 spiro atoms. The molecule has 0 saturated carbocycles. The summed E-state index contributed by atoms with van der Waals surface area (Å²) in [6, 6.07) is 0.191. The van der Waals surface area contributed by atoms with Gasteiger partial charge in [0.15, 0.2) is 0 Å². The van der Waals surface area contributed by atoms with E-state index in [1.165, 1.54) is 0 Å². The van der Waals surface area contributed by atoms with Crippen LogP contribution in [0.25, 0.3) is 0 Å². The maximum atomic E-state index is 13.6. The third kappa shape index (κ3) is 5.68. The second-order valence-corrected chi connectivity index (χ2v) is 7.97. The Bertz CT molecular complexity index is 1120. The third-order valence-electron chi connectivity index (χ3n) is 4.00. The molecule has 0 amide bonds. The fraction of sp³-hybridized carbons (Fsp3) is 0.467. The molecular weight excluding hydrogens is 622 g/mol. The Balaban J connectivity index is 0.0000137. The number of hydrogen-bond acceptors (Lipinski definition) is 4. The Kier molecular flexibility index (Phi) is 10.4. The van der Waals surface area contributed by atoms with Gasteiger partial charge in [0.1, 0.15) is 0 Å². The molecule has 0 unspecified atom stereocenters. The van der Waals surface area contributed by atoms with Crippen LogP contribution in [0.15, 0.2) is 47.1 Å². The van der Waals surface area contributed by atoms with Crippen molar-refractivity contribution in [3.05, 3.63) is 42.2 Å². The first-order valence-corrected chi connectivity index (χ1v) is 9.61. The van der Waals surface area contributed by atoms with Crippen LogP contribution < -0.4 is 0 Å². The van der Waals surface area contributed by atoms with Gasteiger partial charge in [0.05, 0.1) is 4.90 Å². The summed E-state index contributed by atoms with van der Waals surface area (Å²) in [5, 5.41) is 0. The molecule has 0 heterocycles. The summed E-state index contributed by atoms with van der Waals surface area (Å²) in [6.45, 7) is 0. The van der Waals surface area contributed by atoms with Crippen LogP contribution in [0.2, 0.25) is 0 Å². The second kappa shape index (κ2) is 10.8. The summed E-state index contributed by atoms with van der Waals surface area (Å²) in [5.41, 5.74) is 0. The molecule has 0 aromatic heterocycles. The molecule has 0 aliphatic carbocycles. The standard InChI is InChI=1S/C15H5F17O4S.Na.H/c16-7(8(17)35-36-37(33,34)6-4-2-1-3-5-6)9(18,19)10(20,21)11(22,23)12(24,25)13(26,27)14(28,29)15(30,31)32;;/h1-5H;;. The average Bonchev–Trinajstić information content (AvgIpc) is 2.76. The maximum absolute atomic E-state index is 13.6. The van der Waals surface area contributed by atoms with E-state index in [0.29, 0.717) is 12.1 Å². The Hall–Kier alpha value is -1.52. The molecule has 0 N–H and O–H groups in total. The van der Waals surface area contributed by atoms with Gasteiger partial charge < -0.3 is 0 Å². The summed E-state index contributed by atoms with van der Waals surface area (Å²) in [7, 11) is -5.42. The van der Waals surface area contributed by atoms with Crippen molar-refractivity contribution in [3.8, 4) is 0 Å². The van der Waals surface area contributed by atoms with Gasteiger partial charge in [0.25, 0.3) is 5.83 Å². The number of halogens is 17. The number of rotatable bonds is 10. The van der Waals surface area contributed by atoms with Gasteiger partial charge in [-0.15, -0.1) is 0 Å². The molecule has 0 aliphatic rings. The van der Waals surface area contributed by atoms with E-state index in [9.17, 15) is 83.1 Å². The van der Waals surface area contributed by atoms with Crippen molar-refractivity contribution < 1.29 is 92.3 Å². The van der Waals surface area contributed by atoms with E-state index in [1.54, 1.807) is 0 Å². The number of allylic oxidation sites excluding steroid dienone is 1. The van der Waals surface area contributed by atoms with Crippen LogP contribution in [-0.2, 0) is 19.3 Å². The molecule has 38 heavy (non-hydrogen) atoms. The molecule has 0 radical (unpaired) electrons. The first kappa shape index (κ1) is 36.5. The molecule has 0 bridgehead atoms. The summed E-state index contributed by atoms with van der Waals surface area (Å²) in [5.74, 6) is -55.3. The Labute approximate surface area is 220 Å². The van der Waals surface area contributed by atoms with Crippen LogP contribution in [0.4, 0.5) is 74.6 Å². The van der Waals surface area contributed by atoms with Crippen molar-refractivity contribution in [2.75, 3.05) is 0 Å². The van der Waals surface area contributed by atoms with Gasteiger partial charge >= 0.3 is 87.4 Å². The first-order valence-electron chi connectivity index (χ1n) is 8.20. The van der Waals surface area contributed by atoms with Crippen molar-refractivity contribution in [3.63, 3.8) is 0 Å². The molecule has 1 aromatic rings. The zero-order valence-corrected chi connectivity index (χ0v) is 17.2. The van der Waals surface area contributed by atoms with Crippen molar-refractivity contribution in [1.82, 2.24) is 0 Å². The molecule has 0 fully saturated rings. The molecule has 0 saturated heterocycles. The minimum atomic E-state index is -8.74. The monoisotopic (exact) mass is 628 g/mol. The van der Waals surface area contributed by atoms with E-state index < -0.39 is 68.6 Å². The third-order valence-corrected chi connectivity index (χ3v) is 5.10. The Morgan fingerprint density at radius 3 is 1.37 bits per heavy atom. The molecule has 0 atom stereocenters. The van der Waals surface area contributed by atoms with Crippen LogP contribution in [-0.4, -0.2) is 79.7 Å². The average molecular weight is 628 g/mol. The van der Waals surface area contributed by atoms with Crippen molar-refractivity contribution in [1.29, 1.82) is 0 Å². The van der Waals surface area contributed by atoms with E-state index in [1.807, 2.05) is 0 Å². The molecule has 23 heteroatoms. The molecular formula is C15H6F17NaO4S. The fourth-order valence-electron chi connectivity index (χ4n) is 1.97. The van der Waals surface area contributed by atoms with Crippen LogP contribution in [0.1, 0.15) is 0 Å². The van der Waals surface area contributed by atoms with Crippen molar-refractivity contribution in [2.24, 2.45) is 0 Å². The Morgan fingerprint density at radius 2 is 0.974 bits per heavy atom. The molecule has 0 aliphatic heterocycles. The molecule has 1 rings (SSSR count). The quantitative estimate of drug-likeness (QED) is 0.103. The summed E-state index contributed by atoms with van der Waals surface area (Å²) in [6.07, 6.45) is -7.85. The zero-order valence-electron chi connectivity index (χ0n) is 16.4. The second-order valence-electron chi connectivity index (χ2n) is 6.45. The van der Waals surface area contributed by atoms with E-state index in [0.717, 1.165) is 18.2 Å². The van der Waals surface area contributed by atoms with Gasteiger partial charge in [0.2, 0.25) is 0 Å². The van der Waals surface area contributed by atoms with E-state index in [4.69, 9.17) is 0 Å². The fourth-order valence-corrected chi connectivity index (χ4v) is 2.68. The van der Waals surface area contributed by atoms with Crippen LogP contribution in [0.5, 0.6) is 0 Å². The van der Waals surface area contributed by atoms with Gasteiger partial charge in [-0.2, -0.15) is 83.1 Å². The first-order chi connectivity index (χ1) is 16.1. The van der Waals surface area contributed by atoms with Gasteiger partial charge in [-0.3, -0.25) is 4.89 Å². The van der Waals surface area contributed by atoms with Gasteiger partial charge in [-0.25, -0.2) is 0 Å². The predicted octanol–water partition coefficient (Wildman–Crippen LogP) is 6.16.